The molecule has 0 aromatic carbocycles. The van der Waals surface area contributed by atoms with Crippen LogP contribution in [0, 0.1) is 6.92 Å². The maximum atomic E-state index is 10.4. The van der Waals surface area contributed by atoms with Crippen molar-refractivity contribution in [2.75, 3.05) is 6.26 Å². The van der Waals surface area contributed by atoms with Crippen molar-refractivity contribution in [2.45, 2.75) is 48.2 Å². The van der Waals surface area contributed by atoms with Gasteiger partial charge in [-0.1, -0.05) is 11.8 Å². The maximum Gasteiger partial charge on any atom is 0.179 e. The smallest absolute Gasteiger partial charge is 0.179 e. The summed E-state index contributed by atoms with van der Waals surface area (Å²) in [6.07, 6.45) is -2.39. The molecule has 1 fully saturated rings. The summed E-state index contributed by atoms with van der Waals surface area (Å²) < 4.78 is 0.577. The van der Waals surface area contributed by atoms with Crippen LogP contribution >= 0.6 is 23.5 Å². The number of aliphatic hydroxyl groups excluding tert-OH is 4. The third-order valence-electron chi connectivity index (χ3n) is 3.42. The molecule has 1 aliphatic rings. The molecule has 4 N–H and O–H groups in total. The summed E-state index contributed by atoms with van der Waals surface area (Å²) in [6, 6.07) is 0. The van der Waals surface area contributed by atoms with Crippen LogP contribution in [0.3, 0.4) is 0 Å². The van der Waals surface area contributed by atoms with Crippen LogP contribution in [0.5, 0.6) is 0 Å². The fraction of sp³-hybridized carbons (Fsp3) is 0.818. The van der Waals surface area contributed by atoms with Gasteiger partial charge in [-0.25, -0.2) is 4.98 Å². The summed E-state index contributed by atoms with van der Waals surface area (Å²) in [5.74, 6) is 1.03. The predicted octanol–water partition coefficient (Wildman–Crippen LogP) is -0.730. The Bertz CT molecular complexity index is 486. The predicted molar refractivity (Wildman–Crippen MR) is 77.2 cm³/mol. The molecule has 7 nitrogen and oxygen atoms in total. The normalized spacial score (nSPS) is 38.1. The molecule has 2 rings (SSSR count). The Labute approximate surface area is 125 Å². The van der Waals surface area contributed by atoms with E-state index in [-0.39, 0.29) is 0 Å². The minimum atomic E-state index is -1.45. The van der Waals surface area contributed by atoms with Crippen molar-refractivity contribution < 1.29 is 20.4 Å². The molecule has 0 unspecified atom stereocenters. The van der Waals surface area contributed by atoms with Crippen molar-refractivity contribution in [3.63, 3.8) is 0 Å². The van der Waals surface area contributed by atoms with Crippen LogP contribution in [-0.2, 0) is 10.6 Å². The van der Waals surface area contributed by atoms with Crippen LogP contribution < -0.4 is 0 Å². The molecule has 1 aromatic rings. The lowest BCUT2D eigenvalue weighted by atomic mass is 10.0. The second-order valence-electron chi connectivity index (χ2n) is 4.60. The molecule has 0 aliphatic carbocycles. The fourth-order valence-corrected chi connectivity index (χ4v) is 4.67. The van der Waals surface area contributed by atoms with Crippen molar-refractivity contribution in [1.82, 2.24) is 14.8 Å². The van der Waals surface area contributed by atoms with Crippen LogP contribution in [0.4, 0.5) is 0 Å². The average Bonchev–Trinajstić information content (AvgIpc) is 2.82. The lowest BCUT2D eigenvalue weighted by Crippen LogP contribution is -2.57. The molecule has 2 heterocycles. The Hall–Kier alpha value is -0.320. The number of thioether (sulfide) groups is 2. The molecule has 0 bridgehead atoms. The van der Waals surface area contributed by atoms with Crippen molar-refractivity contribution in [3.8, 4) is 0 Å². The molecule has 20 heavy (non-hydrogen) atoms. The Kier molecular flexibility index (Phi) is 4.67. The van der Waals surface area contributed by atoms with Crippen LogP contribution in [0.25, 0.3) is 0 Å². The topological polar surface area (TPSA) is 112 Å². The summed E-state index contributed by atoms with van der Waals surface area (Å²) in [7, 11) is 0. The second kappa shape index (κ2) is 5.82. The maximum absolute atomic E-state index is 10.4. The highest BCUT2D eigenvalue weighted by atomic mass is 32.2. The molecule has 9 heteroatoms. The number of aromatic nitrogens is 3. The number of nitrogens with zero attached hydrogens (tertiary/aromatic N) is 3. The first-order chi connectivity index (χ1) is 9.37. The summed E-state index contributed by atoms with van der Waals surface area (Å²) in [6.45, 7) is 4.36. The van der Waals surface area contributed by atoms with Gasteiger partial charge in [-0.3, -0.25) is 4.68 Å². The van der Waals surface area contributed by atoms with Gasteiger partial charge in [-0.2, -0.15) is 5.10 Å². The lowest BCUT2D eigenvalue weighted by Gasteiger charge is -2.44. The highest BCUT2D eigenvalue weighted by Gasteiger charge is 2.55. The average molecular weight is 321 g/mol. The van der Waals surface area contributed by atoms with Crippen molar-refractivity contribution in [2.24, 2.45) is 0 Å². The van der Waals surface area contributed by atoms with Crippen molar-refractivity contribution >= 4 is 23.5 Å². The number of rotatable bonds is 3. The highest BCUT2D eigenvalue weighted by molar-refractivity contribution is 8.17. The van der Waals surface area contributed by atoms with Gasteiger partial charge in [0, 0.05) is 6.54 Å². The first kappa shape index (κ1) is 16.1. The van der Waals surface area contributed by atoms with Gasteiger partial charge >= 0.3 is 0 Å². The van der Waals surface area contributed by atoms with E-state index in [2.05, 4.69) is 10.1 Å². The molecule has 0 saturated carbocycles. The molecule has 0 amide bonds. The van der Waals surface area contributed by atoms with Gasteiger partial charge in [0.05, 0.1) is 0 Å². The molecule has 0 radical (unpaired) electrons. The second-order valence-corrected chi connectivity index (χ2v) is 7.28. The zero-order valence-corrected chi connectivity index (χ0v) is 13.1. The van der Waals surface area contributed by atoms with Crippen LogP contribution in [0.15, 0.2) is 0 Å². The summed E-state index contributed by atoms with van der Waals surface area (Å²) in [5.41, 5.74) is -1.21. The Morgan fingerprint density at radius 3 is 2.45 bits per heavy atom. The van der Waals surface area contributed by atoms with Gasteiger partial charge in [-0.15, -0.1) is 11.8 Å². The van der Waals surface area contributed by atoms with E-state index < -0.39 is 27.8 Å². The largest absolute Gasteiger partial charge is 0.387 e. The first-order valence-corrected chi connectivity index (χ1v) is 8.35. The number of aryl methyl sites for hydroxylation is 2. The Balaban J connectivity index is 2.46. The molecule has 0 spiro atoms. The van der Waals surface area contributed by atoms with Gasteiger partial charge in [0.1, 0.15) is 29.6 Å². The number of aliphatic hydroxyl groups is 4. The molecule has 114 valence electrons. The van der Waals surface area contributed by atoms with Gasteiger partial charge in [-0.05, 0) is 20.1 Å². The van der Waals surface area contributed by atoms with E-state index in [9.17, 15) is 20.4 Å². The van der Waals surface area contributed by atoms with E-state index in [0.29, 0.717) is 18.2 Å². The first-order valence-electron chi connectivity index (χ1n) is 6.24. The highest BCUT2D eigenvalue weighted by Crippen LogP contribution is 2.53. The number of hydrogen-bond donors (Lipinski definition) is 4. The van der Waals surface area contributed by atoms with Gasteiger partial charge < -0.3 is 20.4 Å². The third-order valence-corrected chi connectivity index (χ3v) is 6.54. The van der Waals surface area contributed by atoms with E-state index in [1.807, 2.05) is 6.92 Å². The number of hydrogen-bond acceptors (Lipinski definition) is 8. The molecular weight excluding hydrogens is 302 g/mol. The zero-order chi connectivity index (χ0) is 15.1. The minimum Gasteiger partial charge on any atom is -0.387 e. The van der Waals surface area contributed by atoms with Crippen LogP contribution in [0.1, 0.15) is 18.6 Å². The standard InChI is InChI=1S/C11H19N3O4S2/c1-4-14-5(2)12-10(13-14)11(19-3)8(17)6(15)7(16)9(18)20-11/h6-9,15-18H,4H2,1-3H3/t6-,7+,8+,9+,11-/m1/s1. The van der Waals surface area contributed by atoms with Gasteiger partial charge in [0.2, 0.25) is 0 Å². The van der Waals surface area contributed by atoms with E-state index >= 15 is 0 Å². The zero-order valence-electron chi connectivity index (χ0n) is 11.5. The fourth-order valence-electron chi connectivity index (χ4n) is 2.21. The summed E-state index contributed by atoms with van der Waals surface area (Å²) >= 11 is 2.20. The molecule has 1 aliphatic heterocycles. The SMILES string of the molecule is CCn1nc([C@]2(SC)S[C@H](O)[C@@H](O)[C@@H](O)[C@@H]2O)nc1C. The third kappa shape index (κ3) is 2.36. The molecule has 1 aromatic heterocycles. The minimum absolute atomic E-state index is 0.340. The van der Waals surface area contributed by atoms with E-state index in [1.165, 1.54) is 11.8 Å². The monoisotopic (exact) mass is 321 g/mol. The van der Waals surface area contributed by atoms with Crippen LogP contribution in [0.2, 0.25) is 0 Å². The van der Waals surface area contributed by atoms with Crippen LogP contribution in [-0.4, -0.2) is 65.2 Å². The van der Waals surface area contributed by atoms with E-state index in [4.69, 9.17) is 0 Å². The van der Waals surface area contributed by atoms with E-state index in [0.717, 1.165) is 11.8 Å². The van der Waals surface area contributed by atoms with Gasteiger partial charge in [0.15, 0.2) is 9.90 Å². The summed E-state index contributed by atoms with van der Waals surface area (Å²) in [5, 5.41) is 44.2. The molecule has 1 saturated heterocycles. The summed E-state index contributed by atoms with van der Waals surface area (Å²) in [4.78, 5) is 4.34. The van der Waals surface area contributed by atoms with Crippen molar-refractivity contribution in [3.05, 3.63) is 11.6 Å². The molecular formula is C11H19N3O4S2. The van der Waals surface area contributed by atoms with Gasteiger partial charge in [0.25, 0.3) is 0 Å². The van der Waals surface area contributed by atoms with Crippen molar-refractivity contribution in [1.29, 1.82) is 0 Å². The Morgan fingerprint density at radius 1 is 1.30 bits per heavy atom. The molecule has 5 atom stereocenters. The Morgan fingerprint density at radius 2 is 1.95 bits per heavy atom. The van der Waals surface area contributed by atoms with E-state index in [1.54, 1.807) is 17.9 Å². The lowest BCUT2D eigenvalue weighted by molar-refractivity contribution is -0.0970. The quantitative estimate of drug-likeness (QED) is 0.577.